The Morgan fingerprint density at radius 1 is 1.20 bits per heavy atom. The van der Waals surface area contributed by atoms with Crippen LogP contribution < -0.4 is 10.6 Å². The second kappa shape index (κ2) is 7.53. The van der Waals surface area contributed by atoms with Crippen LogP contribution >= 0.6 is 11.3 Å². The van der Waals surface area contributed by atoms with Gasteiger partial charge in [-0.15, -0.1) is 11.3 Å². The molecule has 2 N–H and O–H groups in total. The predicted octanol–water partition coefficient (Wildman–Crippen LogP) is 2.98. The highest BCUT2D eigenvalue weighted by atomic mass is 32.1. The molecule has 3 unspecified atom stereocenters. The van der Waals surface area contributed by atoms with Gasteiger partial charge in [0.05, 0.1) is 11.2 Å². The van der Waals surface area contributed by atoms with Crippen molar-refractivity contribution in [2.75, 3.05) is 13.1 Å². The third kappa shape index (κ3) is 3.80. The van der Waals surface area contributed by atoms with Gasteiger partial charge in [0.2, 0.25) is 0 Å². The van der Waals surface area contributed by atoms with Crippen LogP contribution in [0.4, 0.5) is 0 Å². The van der Waals surface area contributed by atoms with Gasteiger partial charge in [0.1, 0.15) is 0 Å². The quantitative estimate of drug-likeness (QED) is 0.876. The van der Waals surface area contributed by atoms with Gasteiger partial charge in [0.25, 0.3) is 0 Å². The monoisotopic (exact) mass is 293 g/mol. The van der Waals surface area contributed by atoms with Crippen molar-refractivity contribution >= 4 is 11.3 Å². The van der Waals surface area contributed by atoms with Crippen LogP contribution in [0.5, 0.6) is 0 Å². The topological polar surface area (TPSA) is 37.0 Å². The van der Waals surface area contributed by atoms with Crippen molar-refractivity contribution in [1.29, 1.82) is 0 Å². The van der Waals surface area contributed by atoms with E-state index < -0.39 is 0 Å². The molecule has 0 bridgehead atoms. The summed E-state index contributed by atoms with van der Waals surface area (Å²) >= 11 is 1.70. The van der Waals surface area contributed by atoms with E-state index in [0.29, 0.717) is 0 Å². The first kappa shape index (κ1) is 14.5. The largest absolute Gasteiger partial charge is 0.314 e. The highest BCUT2D eigenvalue weighted by Crippen LogP contribution is 2.30. The minimum Gasteiger partial charge on any atom is -0.314 e. The Hall–Kier alpha value is -0.450. The lowest BCUT2D eigenvalue weighted by atomic mass is 9.77. The molecule has 1 saturated carbocycles. The Bertz CT molecular complexity index is 373. The van der Waals surface area contributed by atoms with Crippen LogP contribution in [0.1, 0.15) is 50.6 Å². The molecule has 0 amide bonds. The van der Waals surface area contributed by atoms with Crippen molar-refractivity contribution < 1.29 is 0 Å². The zero-order chi connectivity index (χ0) is 13.6. The molecule has 3 rings (SSSR count). The minimum atomic E-state index is 0.720. The van der Waals surface area contributed by atoms with Crippen LogP contribution in [0.25, 0.3) is 0 Å². The van der Waals surface area contributed by atoms with Gasteiger partial charge >= 0.3 is 0 Å². The van der Waals surface area contributed by atoms with E-state index in [2.05, 4.69) is 21.0 Å². The van der Waals surface area contributed by atoms with Crippen molar-refractivity contribution in [1.82, 2.24) is 15.6 Å². The van der Waals surface area contributed by atoms with Gasteiger partial charge in [0.15, 0.2) is 0 Å². The molecule has 2 fully saturated rings. The maximum atomic E-state index is 4.37. The number of rotatable bonds is 5. The second-order valence-corrected chi connectivity index (χ2v) is 7.01. The number of hydrogen-bond donors (Lipinski definition) is 2. The summed E-state index contributed by atoms with van der Waals surface area (Å²) in [6, 6.07) is 1.49. The molecule has 0 radical (unpaired) electrons. The molecule has 20 heavy (non-hydrogen) atoms. The Balaban J connectivity index is 1.49. The van der Waals surface area contributed by atoms with Crippen molar-refractivity contribution in [3.63, 3.8) is 0 Å². The standard InChI is InChI=1S/C16H27N3S/c1-2-6-16(18-10-8-13-11-20-12-19-13)14(5-1)15-7-3-4-9-17-15/h11-12,14-18H,1-10H2. The average molecular weight is 293 g/mol. The van der Waals surface area contributed by atoms with Crippen LogP contribution in [-0.2, 0) is 6.42 Å². The molecule has 0 spiro atoms. The lowest BCUT2D eigenvalue weighted by molar-refractivity contribution is 0.182. The number of thiazole rings is 1. The highest BCUT2D eigenvalue weighted by molar-refractivity contribution is 7.07. The van der Waals surface area contributed by atoms with E-state index in [1.165, 1.54) is 57.2 Å². The predicted molar refractivity (Wildman–Crippen MR) is 85.2 cm³/mol. The van der Waals surface area contributed by atoms with Crippen LogP contribution in [0.3, 0.4) is 0 Å². The molecule has 4 heteroatoms. The van der Waals surface area contributed by atoms with Crippen LogP contribution in [-0.4, -0.2) is 30.2 Å². The maximum Gasteiger partial charge on any atom is 0.0794 e. The molecule has 1 aliphatic carbocycles. The second-order valence-electron chi connectivity index (χ2n) is 6.30. The fourth-order valence-corrected chi connectivity index (χ4v) is 4.48. The summed E-state index contributed by atoms with van der Waals surface area (Å²) in [6.45, 7) is 2.31. The Kier molecular flexibility index (Phi) is 5.45. The number of nitrogens with one attached hydrogen (secondary N) is 2. The van der Waals surface area contributed by atoms with E-state index in [1.807, 2.05) is 5.51 Å². The van der Waals surface area contributed by atoms with Crippen molar-refractivity contribution in [3.8, 4) is 0 Å². The summed E-state index contributed by atoms with van der Waals surface area (Å²) < 4.78 is 0. The maximum absolute atomic E-state index is 4.37. The van der Waals surface area contributed by atoms with Crippen LogP contribution in [0, 0.1) is 5.92 Å². The van der Waals surface area contributed by atoms with Gasteiger partial charge in [-0.1, -0.05) is 19.3 Å². The molecule has 2 heterocycles. The zero-order valence-electron chi connectivity index (χ0n) is 12.3. The number of hydrogen-bond acceptors (Lipinski definition) is 4. The zero-order valence-corrected chi connectivity index (χ0v) is 13.1. The summed E-state index contributed by atoms with van der Waals surface area (Å²) in [5.74, 6) is 0.847. The molecule has 0 aromatic carbocycles. The molecular formula is C16H27N3S. The van der Waals surface area contributed by atoms with E-state index in [9.17, 15) is 0 Å². The minimum absolute atomic E-state index is 0.720. The molecule has 3 atom stereocenters. The van der Waals surface area contributed by atoms with E-state index in [4.69, 9.17) is 0 Å². The number of nitrogens with zero attached hydrogens (tertiary/aromatic N) is 1. The third-order valence-electron chi connectivity index (χ3n) is 4.96. The number of piperidine rings is 1. The molecule has 1 aromatic heterocycles. The summed E-state index contributed by atoms with van der Waals surface area (Å²) in [6.07, 6.45) is 10.8. The van der Waals surface area contributed by atoms with E-state index in [1.54, 1.807) is 11.3 Å². The van der Waals surface area contributed by atoms with E-state index in [-0.39, 0.29) is 0 Å². The number of aromatic nitrogens is 1. The molecule has 1 aliphatic heterocycles. The fourth-order valence-electron chi connectivity index (χ4n) is 3.89. The van der Waals surface area contributed by atoms with Crippen molar-refractivity contribution in [2.45, 2.75) is 63.5 Å². The highest BCUT2D eigenvalue weighted by Gasteiger charge is 2.31. The summed E-state index contributed by atoms with van der Waals surface area (Å²) in [5, 5.41) is 9.77. The molecule has 2 aliphatic rings. The van der Waals surface area contributed by atoms with Gasteiger partial charge in [-0.2, -0.15) is 0 Å². The smallest absolute Gasteiger partial charge is 0.0794 e. The van der Waals surface area contributed by atoms with Gasteiger partial charge in [-0.3, -0.25) is 0 Å². The molecular weight excluding hydrogens is 266 g/mol. The van der Waals surface area contributed by atoms with Crippen molar-refractivity contribution in [3.05, 3.63) is 16.6 Å². The normalized spacial score (nSPS) is 31.3. The van der Waals surface area contributed by atoms with Crippen molar-refractivity contribution in [2.24, 2.45) is 5.92 Å². The average Bonchev–Trinajstić information content (AvgIpc) is 3.02. The Morgan fingerprint density at radius 3 is 2.90 bits per heavy atom. The SMILES string of the molecule is c1nc(CCNC2CCCCC2C2CCCCN2)cs1. The van der Waals surface area contributed by atoms with Gasteiger partial charge in [0, 0.05) is 30.4 Å². The Labute approximate surface area is 126 Å². The lowest BCUT2D eigenvalue weighted by Crippen LogP contribution is -2.50. The molecule has 1 saturated heterocycles. The first-order valence-electron chi connectivity index (χ1n) is 8.27. The first-order chi connectivity index (χ1) is 9.93. The Morgan fingerprint density at radius 2 is 2.10 bits per heavy atom. The van der Waals surface area contributed by atoms with Gasteiger partial charge in [-0.05, 0) is 38.1 Å². The molecule has 3 nitrogen and oxygen atoms in total. The first-order valence-corrected chi connectivity index (χ1v) is 9.21. The summed E-state index contributed by atoms with van der Waals surface area (Å²) in [5.41, 5.74) is 3.18. The van der Waals surface area contributed by atoms with E-state index in [0.717, 1.165) is 31.0 Å². The summed E-state index contributed by atoms with van der Waals surface area (Å²) in [7, 11) is 0. The molecule has 1 aromatic rings. The molecule has 112 valence electrons. The summed E-state index contributed by atoms with van der Waals surface area (Å²) in [4.78, 5) is 4.37. The van der Waals surface area contributed by atoms with Crippen LogP contribution in [0.15, 0.2) is 10.9 Å². The van der Waals surface area contributed by atoms with Gasteiger partial charge in [-0.25, -0.2) is 4.98 Å². The fraction of sp³-hybridized carbons (Fsp3) is 0.812. The third-order valence-corrected chi connectivity index (χ3v) is 5.59. The van der Waals surface area contributed by atoms with Crippen LogP contribution in [0.2, 0.25) is 0 Å². The lowest BCUT2D eigenvalue weighted by Gasteiger charge is -2.40. The van der Waals surface area contributed by atoms with Gasteiger partial charge < -0.3 is 10.6 Å². The van der Waals surface area contributed by atoms with E-state index >= 15 is 0 Å².